The minimum Gasteiger partial charge on any atom is -0.433 e. The summed E-state index contributed by atoms with van der Waals surface area (Å²) in [4.78, 5) is 12.7. The van der Waals surface area contributed by atoms with Crippen LogP contribution in [0.1, 0.15) is 5.56 Å². The van der Waals surface area contributed by atoms with E-state index < -0.39 is 6.61 Å². The molecule has 0 heterocycles. The fourth-order valence-electron chi connectivity index (χ4n) is 1.73. The largest absolute Gasteiger partial charge is 0.433 e. The number of benzene rings is 2. The van der Waals surface area contributed by atoms with Crippen LogP contribution in [0.5, 0.6) is 5.75 Å². The number of para-hydroxylation sites is 2. The zero-order valence-electron chi connectivity index (χ0n) is 11.8. The Morgan fingerprint density at radius 3 is 2.57 bits per heavy atom. The van der Waals surface area contributed by atoms with Gasteiger partial charge in [-0.1, -0.05) is 12.1 Å². The van der Waals surface area contributed by atoms with Crippen molar-refractivity contribution in [3.8, 4) is 11.8 Å². The molecule has 0 saturated carbocycles. The standard InChI is InChI=1S/C16H12F2N2O2S/c17-16(18)22-14-4-2-1-3-13(14)20-15(21)10-23-12-7-5-11(9-19)6-8-12/h1-8,16H,10H2,(H,20,21). The highest BCUT2D eigenvalue weighted by molar-refractivity contribution is 8.00. The average Bonchev–Trinajstić information content (AvgIpc) is 2.55. The summed E-state index contributed by atoms with van der Waals surface area (Å²) in [6, 6.07) is 14.8. The molecule has 0 saturated heterocycles. The number of rotatable bonds is 6. The molecule has 23 heavy (non-hydrogen) atoms. The molecule has 0 radical (unpaired) electrons. The first-order chi connectivity index (χ1) is 11.1. The van der Waals surface area contributed by atoms with Crippen LogP contribution in [0.3, 0.4) is 0 Å². The third kappa shape index (κ3) is 5.27. The van der Waals surface area contributed by atoms with Gasteiger partial charge in [-0.15, -0.1) is 11.8 Å². The van der Waals surface area contributed by atoms with Crippen molar-refractivity contribution in [3.05, 3.63) is 54.1 Å². The fraction of sp³-hybridized carbons (Fsp3) is 0.125. The van der Waals surface area contributed by atoms with Gasteiger partial charge in [0.05, 0.1) is 23.1 Å². The molecule has 2 aromatic carbocycles. The van der Waals surface area contributed by atoms with Crippen LogP contribution in [0.15, 0.2) is 53.4 Å². The van der Waals surface area contributed by atoms with Gasteiger partial charge < -0.3 is 10.1 Å². The number of hydrogen-bond donors (Lipinski definition) is 1. The van der Waals surface area contributed by atoms with E-state index in [0.717, 1.165) is 4.90 Å². The minimum absolute atomic E-state index is 0.0841. The van der Waals surface area contributed by atoms with Crippen LogP contribution in [0.25, 0.3) is 0 Å². The van der Waals surface area contributed by atoms with Crippen LogP contribution < -0.4 is 10.1 Å². The van der Waals surface area contributed by atoms with E-state index in [4.69, 9.17) is 5.26 Å². The predicted octanol–water partition coefficient (Wildman–Crippen LogP) is 3.89. The topological polar surface area (TPSA) is 62.1 Å². The molecule has 1 amide bonds. The van der Waals surface area contributed by atoms with E-state index in [1.165, 1.54) is 23.9 Å². The van der Waals surface area contributed by atoms with Gasteiger partial charge in [-0.05, 0) is 36.4 Å². The molecular formula is C16H12F2N2O2S. The Balaban J connectivity index is 1.93. The van der Waals surface area contributed by atoms with E-state index in [2.05, 4.69) is 10.1 Å². The highest BCUT2D eigenvalue weighted by atomic mass is 32.2. The van der Waals surface area contributed by atoms with Gasteiger partial charge in [-0.3, -0.25) is 4.79 Å². The number of anilines is 1. The minimum atomic E-state index is -2.96. The number of alkyl halides is 2. The lowest BCUT2D eigenvalue weighted by Crippen LogP contribution is -2.15. The van der Waals surface area contributed by atoms with Gasteiger partial charge in [0.2, 0.25) is 5.91 Å². The first kappa shape index (κ1) is 16.8. The lowest BCUT2D eigenvalue weighted by atomic mass is 10.2. The Hall–Kier alpha value is -2.59. The van der Waals surface area contributed by atoms with Crippen LogP contribution >= 0.6 is 11.8 Å². The summed E-state index contributed by atoms with van der Waals surface area (Å²) in [6.07, 6.45) is 0. The molecule has 4 nitrogen and oxygen atoms in total. The maximum absolute atomic E-state index is 12.3. The molecule has 0 spiro atoms. The number of nitrogens with zero attached hydrogens (tertiary/aromatic N) is 1. The number of carbonyl (C=O) groups excluding carboxylic acids is 1. The van der Waals surface area contributed by atoms with Gasteiger partial charge in [-0.25, -0.2) is 0 Å². The van der Waals surface area contributed by atoms with E-state index in [1.54, 1.807) is 36.4 Å². The van der Waals surface area contributed by atoms with Crippen molar-refractivity contribution in [2.75, 3.05) is 11.1 Å². The molecule has 0 aromatic heterocycles. The molecular weight excluding hydrogens is 322 g/mol. The Bertz CT molecular complexity index is 715. The highest BCUT2D eigenvalue weighted by Gasteiger charge is 2.11. The Kier molecular flexibility index (Phi) is 5.94. The van der Waals surface area contributed by atoms with Crippen LogP contribution in [0, 0.1) is 11.3 Å². The molecule has 2 aromatic rings. The van der Waals surface area contributed by atoms with Gasteiger partial charge in [-0.2, -0.15) is 14.0 Å². The Labute approximate surface area is 136 Å². The van der Waals surface area contributed by atoms with Crippen LogP contribution in [-0.4, -0.2) is 18.3 Å². The van der Waals surface area contributed by atoms with Crippen molar-refractivity contribution in [1.29, 1.82) is 5.26 Å². The number of hydrogen-bond acceptors (Lipinski definition) is 4. The first-order valence-corrected chi connectivity index (χ1v) is 7.53. The Morgan fingerprint density at radius 2 is 1.91 bits per heavy atom. The van der Waals surface area contributed by atoms with Crippen LogP contribution in [0.2, 0.25) is 0 Å². The third-order valence-corrected chi connectivity index (χ3v) is 3.74. The summed E-state index contributed by atoms with van der Waals surface area (Å²) >= 11 is 1.28. The number of ether oxygens (including phenoxy) is 1. The zero-order chi connectivity index (χ0) is 16.7. The van der Waals surface area contributed by atoms with Gasteiger partial charge >= 0.3 is 6.61 Å². The summed E-state index contributed by atoms with van der Waals surface area (Å²) in [5, 5.41) is 11.3. The number of thioether (sulfide) groups is 1. The molecule has 7 heteroatoms. The predicted molar refractivity (Wildman–Crippen MR) is 83.6 cm³/mol. The fourth-order valence-corrected chi connectivity index (χ4v) is 2.43. The van der Waals surface area contributed by atoms with Gasteiger partial charge in [0.25, 0.3) is 0 Å². The molecule has 0 unspecified atom stereocenters. The molecule has 0 fully saturated rings. The number of amides is 1. The number of halogens is 2. The van der Waals surface area contributed by atoms with Crippen LogP contribution in [0.4, 0.5) is 14.5 Å². The normalized spacial score (nSPS) is 10.2. The molecule has 0 aliphatic heterocycles. The van der Waals surface area contributed by atoms with Crippen molar-refractivity contribution < 1.29 is 18.3 Å². The second kappa shape index (κ2) is 8.15. The van der Waals surface area contributed by atoms with Gasteiger partial charge in [0.15, 0.2) is 0 Å². The molecule has 118 valence electrons. The molecule has 0 aliphatic rings. The number of carbonyl (C=O) groups is 1. The summed E-state index contributed by atoms with van der Waals surface area (Å²) in [5.74, 6) is -0.321. The smallest absolute Gasteiger partial charge is 0.387 e. The maximum atomic E-state index is 12.3. The molecule has 0 atom stereocenters. The molecule has 0 bridgehead atoms. The lowest BCUT2D eigenvalue weighted by Gasteiger charge is -2.11. The van der Waals surface area contributed by atoms with E-state index in [-0.39, 0.29) is 23.1 Å². The lowest BCUT2D eigenvalue weighted by molar-refractivity contribution is -0.113. The first-order valence-electron chi connectivity index (χ1n) is 6.55. The van der Waals surface area contributed by atoms with Crippen molar-refractivity contribution in [2.24, 2.45) is 0 Å². The van der Waals surface area contributed by atoms with Gasteiger partial charge in [0, 0.05) is 4.90 Å². The van der Waals surface area contributed by atoms with Crippen molar-refractivity contribution in [2.45, 2.75) is 11.5 Å². The molecule has 1 N–H and O–H groups in total. The third-order valence-electron chi connectivity index (χ3n) is 2.73. The van der Waals surface area contributed by atoms with Crippen molar-refractivity contribution >= 4 is 23.4 Å². The summed E-state index contributed by atoms with van der Waals surface area (Å²) in [6.45, 7) is -2.96. The van der Waals surface area contributed by atoms with Crippen LogP contribution in [-0.2, 0) is 4.79 Å². The van der Waals surface area contributed by atoms with Crippen molar-refractivity contribution in [1.82, 2.24) is 0 Å². The summed E-state index contributed by atoms with van der Waals surface area (Å²) < 4.78 is 29.0. The summed E-state index contributed by atoms with van der Waals surface area (Å²) in [5.41, 5.74) is 0.732. The van der Waals surface area contributed by atoms with E-state index in [9.17, 15) is 13.6 Å². The highest BCUT2D eigenvalue weighted by Crippen LogP contribution is 2.26. The summed E-state index contributed by atoms with van der Waals surface area (Å²) in [7, 11) is 0. The van der Waals surface area contributed by atoms with Crippen molar-refractivity contribution in [3.63, 3.8) is 0 Å². The average molecular weight is 334 g/mol. The maximum Gasteiger partial charge on any atom is 0.387 e. The van der Waals surface area contributed by atoms with E-state index >= 15 is 0 Å². The second-order valence-electron chi connectivity index (χ2n) is 4.35. The van der Waals surface area contributed by atoms with Gasteiger partial charge in [0.1, 0.15) is 5.75 Å². The molecule has 0 aliphatic carbocycles. The SMILES string of the molecule is N#Cc1ccc(SCC(=O)Nc2ccccc2OC(F)F)cc1. The zero-order valence-corrected chi connectivity index (χ0v) is 12.6. The second-order valence-corrected chi connectivity index (χ2v) is 5.40. The van der Waals surface area contributed by atoms with E-state index in [1.807, 2.05) is 6.07 Å². The monoisotopic (exact) mass is 334 g/mol. The van der Waals surface area contributed by atoms with E-state index in [0.29, 0.717) is 5.56 Å². The number of nitriles is 1. The Morgan fingerprint density at radius 1 is 1.22 bits per heavy atom. The number of nitrogens with one attached hydrogen (secondary N) is 1. The molecule has 2 rings (SSSR count). The quantitative estimate of drug-likeness (QED) is 0.814.